The van der Waals surface area contributed by atoms with Gasteiger partial charge in [-0.15, -0.1) is 0 Å². The van der Waals surface area contributed by atoms with Crippen molar-refractivity contribution in [1.82, 2.24) is 5.32 Å². The van der Waals surface area contributed by atoms with Gasteiger partial charge in [-0.1, -0.05) is 22.0 Å². The summed E-state index contributed by atoms with van der Waals surface area (Å²) in [6.45, 7) is 0. The van der Waals surface area contributed by atoms with Gasteiger partial charge in [-0.05, 0) is 42.0 Å². The van der Waals surface area contributed by atoms with Gasteiger partial charge in [-0.25, -0.2) is 4.39 Å². The molecule has 2 aromatic rings. The van der Waals surface area contributed by atoms with E-state index in [9.17, 15) is 14.0 Å². The van der Waals surface area contributed by atoms with Gasteiger partial charge in [0.05, 0.1) is 33.8 Å². The minimum absolute atomic E-state index is 0.0865. The lowest BCUT2D eigenvalue weighted by Gasteiger charge is -2.19. The fourth-order valence-electron chi connectivity index (χ4n) is 2.60. The number of methoxy groups -OCH3 is 3. The first-order chi connectivity index (χ1) is 13.9. The number of amides is 1. The summed E-state index contributed by atoms with van der Waals surface area (Å²) in [6.07, 6.45) is 2.48. The van der Waals surface area contributed by atoms with Gasteiger partial charge in [0.25, 0.3) is 0 Å². The van der Waals surface area contributed by atoms with Crippen molar-refractivity contribution in [2.75, 3.05) is 21.3 Å². The Morgan fingerprint density at radius 3 is 2.48 bits per heavy atom. The summed E-state index contributed by atoms with van der Waals surface area (Å²) in [7, 11) is 4.27. The van der Waals surface area contributed by atoms with Crippen LogP contribution in [0.25, 0.3) is 6.08 Å². The van der Waals surface area contributed by atoms with Crippen molar-refractivity contribution in [3.63, 3.8) is 0 Å². The maximum Gasteiger partial charge on any atom is 0.307 e. The van der Waals surface area contributed by atoms with Crippen LogP contribution in [0.4, 0.5) is 4.39 Å². The second-order valence-corrected chi connectivity index (χ2v) is 6.87. The molecule has 8 heteroatoms. The molecule has 0 bridgehead atoms. The first kappa shape index (κ1) is 22.4. The Labute approximate surface area is 176 Å². The largest absolute Gasteiger partial charge is 0.493 e. The molecule has 0 radical (unpaired) electrons. The molecule has 0 aromatic heterocycles. The van der Waals surface area contributed by atoms with Crippen LogP contribution in [0, 0.1) is 5.82 Å². The number of carbonyl (C=O) groups excluding carboxylic acids is 2. The number of rotatable bonds is 8. The highest BCUT2D eigenvalue weighted by atomic mass is 79.9. The molecule has 0 heterocycles. The van der Waals surface area contributed by atoms with Crippen molar-refractivity contribution >= 4 is 33.9 Å². The molecule has 0 saturated heterocycles. The van der Waals surface area contributed by atoms with E-state index in [1.165, 1.54) is 39.5 Å². The Bertz CT molecular complexity index is 916. The fraction of sp³-hybridized carbons (Fsp3) is 0.238. The molecule has 0 saturated carbocycles. The van der Waals surface area contributed by atoms with E-state index in [1.807, 2.05) is 0 Å². The molecule has 6 nitrogen and oxygen atoms in total. The molecule has 0 spiro atoms. The molecule has 1 atom stereocenters. The van der Waals surface area contributed by atoms with E-state index in [0.717, 1.165) is 0 Å². The Morgan fingerprint density at radius 2 is 1.83 bits per heavy atom. The Kier molecular flexibility index (Phi) is 8.21. The Morgan fingerprint density at radius 1 is 1.10 bits per heavy atom. The molecular weight excluding hydrogens is 445 g/mol. The number of halogens is 2. The minimum Gasteiger partial charge on any atom is -0.493 e. The number of hydrogen-bond donors (Lipinski definition) is 1. The highest BCUT2D eigenvalue weighted by molar-refractivity contribution is 9.10. The Hall–Kier alpha value is -2.87. The molecule has 154 valence electrons. The van der Waals surface area contributed by atoms with Crippen LogP contribution in [-0.2, 0) is 14.3 Å². The second kappa shape index (κ2) is 10.6. The number of ether oxygens (including phenoxy) is 3. The maximum atomic E-state index is 13.8. The van der Waals surface area contributed by atoms with Crippen LogP contribution in [0.5, 0.6) is 11.5 Å². The molecule has 1 unspecified atom stereocenters. The van der Waals surface area contributed by atoms with E-state index in [4.69, 9.17) is 14.2 Å². The molecule has 2 rings (SSSR count). The van der Waals surface area contributed by atoms with Crippen molar-refractivity contribution in [2.45, 2.75) is 12.5 Å². The van der Waals surface area contributed by atoms with Crippen LogP contribution in [0.3, 0.4) is 0 Å². The molecular formula is C21H21BrFNO5. The van der Waals surface area contributed by atoms with E-state index >= 15 is 0 Å². The average molecular weight is 466 g/mol. The SMILES string of the molecule is COC(=O)CC(NC(=O)/C=C/c1cc(Br)ccc1F)c1ccc(OC)c(OC)c1. The third kappa shape index (κ3) is 6.32. The maximum absolute atomic E-state index is 13.8. The second-order valence-electron chi connectivity index (χ2n) is 5.96. The molecule has 1 amide bonds. The van der Waals surface area contributed by atoms with E-state index in [0.29, 0.717) is 21.5 Å². The monoisotopic (exact) mass is 465 g/mol. The Balaban J connectivity index is 2.24. The first-order valence-corrected chi connectivity index (χ1v) is 9.39. The summed E-state index contributed by atoms with van der Waals surface area (Å²) < 4.78 is 29.7. The van der Waals surface area contributed by atoms with Crippen LogP contribution in [0.15, 0.2) is 46.9 Å². The van der Waals surface area contributed by atoms with Crippen molar-refractivity contribution in [2.24, 2.45) is 0 Å². The summed E-state index contributed by atoms with van der Waals surface area (Å²) in [4.78, 5) is 24.2. The van der Waals surface area contributed by atoms with Crippen molar-refractivity contribution in [3.05, 3.63) is 63.9 Å². The number of benzene rings is 2. The first-order valence-electron chi connectivity index (χ1n) is 8.60. The lowest BCUT2D eigenvalue weighted by atomic mass is 10.0. The predicted octanol–water partition coefficient (Wildman–Crippen LogP) is 4.04. The summed E-state index contributed by atoms with van der Waals surface area (Å²) in [5.74, 6) is -0.464. The summed E-state index contributed by atoms with van der Waals surface area (Å²) in [5, 5.41) is 2.73. The normalized spacial score (nSPS) is 11.8. The van der Waals surface area contributed by atoms with Gasteiger partial charge in [-0.2, -0.15) is 0 Å². The van der Waals surface area contributed by atoms with Crippen LogP contribution in [0.1, 0.15) is 23.6 Å². The zero-order valence-corrected chi connectivity index (χ0v) is 17.8. The zero-order valence-electron chi connectivity index (χ0n) is 16.2. The van der Waals surface area contributed by atoms with Crippen LogP contribution in [-0.4, -0.2) is 33.2 Å². The predicted molar refractivity (Wildman–Crippen MR) is 110 cm³/mol. The lowest BCUT2D eigenvalue weighted by molar-refractivity contribution is -0.141. The van der Waals surface area contributed by atoms with Crippen molar-refractivity contribution < 1.29 is 28.2 Å². The van der Waals surface area contributed by atoms with Crippen molar-refractivity contribution in [3.8, 4) is 11.5 Å². The van der Waals surface area contributed by atoms with Crippen LogP contribution >= 0.6 is 15.9 Å². The van der Waals surface area contributed by atoms with E-state index < -0.39 is 23.7 Å². The molecule has 0 aliphatic rings. The minimum atomic E-state index is -0.674. The molecule has 0 aliphatic carbocycles. The fourth-order valence-corrected chi connectivity index (χ4v) is 2.98. The standard InChI is InChI=1S/C21H21BrFNO5/c1-27-18-8-4-14(11-19(18)28-2)17(12-21(26)29-3)24-20(25)9-5-13-10-15(22)6-7-16(13)23/h4-11,17H,12H2,1-3H3,(H,24,25)/b9-5+. The highest BCUT2D eigenvalue weighted by Crippen LogP contribution is 2.31. The van der Waals surface area contributed by atoms with Gasteiger partial charge in [0.2, 0.25) is 5.91 Å². The quantitative estimate of drug-likeness (QED) is 0.470. The van der Waals surface area contributed by atoms with Gasteiger partial charge in [0, 0.05) is 16.1 Å². The highest BCUT2D eigenvalue weighted by Gasteiger charge is 2.20. The van der Waals surface area contributed by atoms with Gasteiger partial charge in [-0.3, -0.25) is 9.59 Å². The molecule has 1 N–H and O–H groups in total. The number of nitrogens with one attached hydrogen (secondary N) is 1. The van der Waals surface area contributed by atoms with Crippen LogP contribution in [0.2, 0.25) is 0 Å². The zero-order chi connectivity index (χ0) is 21.4. The number of hydrogen-bond acceptors (Lipinski definition) is 5. The topological polar surface area (TPSA) is 73.9 Å². The van der Waals surface area contributed by atoms with Gasteiger partial charge in [0.15, 0.2) is 11.5 Å². The number of carbonyl (C=O) groups is 2. The van der Waals surface area contributed by atoms with Gasteiger partial charge in [0.1, 0.15) is 5.82 Å². The summed E-state index contributed by atoms with van der Waals surface area (Å²) in [5.41, 5.74) is 0.883. The van der Waals surface area contributed by atoms with Gasteiger partial charge >= 0.3 is 5.97 Å². The average Bonchev–Trinajstić information content (AvgIpc) is 2.73. The van der Waals surface area contributed by atoms with E-state index in [2.05, 4.69) is 21.2 Å². The smallest absolute Gasteiger partial charge is 0.307 e. The van der Waals surface area contributed by atoms with E-state index in [1.54, 1.807) is 30.3 Å². The molecule has 2 aromatic carbocycles. The third-order valence-corrected chi connectivity index (χ3v) is 4.59. The lowest BCUT2D eigenvalue weighted by Crippen LogP contribution is -2.29. The molecule has 0 aliphatic heterocycles. The van der Waals surface area contributed by atoms with Crippen LogP contribution < -0.4 is 14.8 Å². The van der Waals surface area contributed by atoms with E-state index in [-0.39, 0.29) is 12.0 Å². The third-order valence-electron chi connectivity index (χ3n) is 4.10. The summed E-state index contributed by atoms with van der Waals surface area (Å²) in [6, 6.07) is 8.81. The van der Waals surface area contributed by atoms with Gasteiger partial charge < -0.3 is 19.5 Å². The summed E-state index contributed by atoms with van der Waals surface area (Å²) >= 11 is 3.26. The molecule has 29 heavy (non-hydrogen) atoms. The molecule has 0 fully saturated rings. The number of esters is 1. The van der Waals surface area contributed by atoms with Crippen molar-refractivity contribution in [1.29, 1.82) is 0 Å².